The number of halogens is 2. The van der Waals surface area contributed by atoms with Crippen LogP contribution in [0.2, 0.25) is 0 Å². The Hall–Kier alpha value is -1.40. The first-order valence-corrected chi connectivity index (χ1v) is 7.16. The van der Waals surface area contributed by atoms with Gasteiger partial charge in [-0.15, -0.1) is 0 Å². The van der Waals surface area contributed by atoms with Gasteiger partial charge in [-0.05, 0) is 24.3 Å². The first kappa shape index (κ1) is 14.0. The predicted molar refractivity (Wildman–Crippen MR) is 74.1 cm³/mol. The van der Waals surface area contributed by atoms with Crippen molar-refractivity contribution in [2.45, 2.75) is 0 Å². The fourth-order valence-electron chi connectivity index (χ4n) is 1.24. The first-order chi connectivity index (χ1) is 9.24. The lowest BCUT2D eigenvalue weighted by atomic mass is 10.3. The van der Waals surface area contributed by atoms with Crippen LogP contribution in [0.15, 0.2) is 48.5 Å². The fourth-order valence-corrected chi connectivity index (χ4v) is 2.26. The Balaban J connectivity index is 1.67. The molecule has 0 saturated heterocycles. The highest BCUT2D eigenvalue weighted by Crippen LogP contribution is 2.23. The molecule has 0 aliphatic heterocycles. The van der Waals surface area contributed by atoms with Crippen molar-refractivity contribution < 1.29 is 17.1 Å². The van der Waals surface area contributed by atoms with Crippen molar-refractivity contribution in [1.82, 2.24) is 0 Å². The number of rotatable bonds is 6. The molecule has 0 aliphatic carbocycles. The van der Waals surface area contributed by atoms with Crippen molar-refractivity contribution in [3.63, 3.8) is 0 Å². The van der Waals surface area contributed by atoms with E-state index in [0.29, 0.717) is 16.6 Å². The van der Waals surface area contributed by atoms with Crippen LogP contribution in [-0.2, 0) is 0 Å². The zero-order chi connectivity index (χ0) is 13.5. The maximum atomic E-state index is 12.8. The summed E-state index contributed by atoms with van der Waals surface area (Å²) in [5.74, 6) is 0.191. The smallest absolute Gasteiger partial charge is 0.140 e. The zero-order valence-corrected chi connectivity index (χ0v) is 11.3. The van der Waals surface area contributed by atoms with Crippen LogP contribution in [0.1, 0.15) is 0 Å². The Morgan fingerprint density at radius 3 is 1.68 bits per heavy atom. The average molecular weight is 300 g/mol. The van der Waals surface area contributed by atoms with Crippen molar-refractivity contribution in [1.29, 1.82) is 0 Å². The maximum absolute atomic E-state index is 12.8. The minimum absolute atomic E-state index is 0.346. The Bertz CT molecular complexity index is 490. The summed E-state index contributed by atoms with van der Waals surface area (Å²) in [6.07, 6.45) is 0. The Morgan fingerprint density at radius 2 is 1.26 bits per heavy atom. The lowest BCUT2D eigenvalue weighted by Gasteiger charge is -2.05. The van der Waals surface area contributed by atoms with E-state index in [0.717, 1.165) is 24.1 Å². The Kier molecular flexibility index (Phi) is 5.35. The predicted octanol–water partition coefficient (Wildman–Crippen LogP) is 4.68. The molecule has 0 atom stereocenters. The molecule has 0 aromatic heterocycles. The van der Waals surface area contributed by atoms with E-state index in [4.69, 9.17) is 8.37 Å². The third-order valence-corrected chi connectivity index (χ3v) is 3.39. The topological polar surface area (TPSA) is 18.5 Å². The second-order valence-corrected chi connectivity index (χ2v) is 5.18. The lowest BCUT2D eigenvalue weighted by molar-refractivity contribution is 0.598. The lowest BCUT2D eigenvalue weighted by Crippen LogP contribution is -1.87. The molecule has 0 spiro atoms. The Morgan fingerprint density at radius 1 is 0.789 bits per heavy atom. The fraction of sp³-hybridized carbons (Fsp3) is 0.0769. The van der Waals surface area contributed by atoms with Gasteiger partial charge in [0.25, 0.3) is 0 Å². The standard InChI is InChI=1S/C13H10F2O2S2/c14-10-3-1-5-12(7-10)16-18-9-19-17-13-6-2-4-11(15)8-13/h1-8H,9H2. The van der Waals surface area contributed by atoms with Crippen LogP contribution in [0, 0.1) is 11.6 Å². The molecule has 0 N–H and O–H groups in total. The zero-order valence-electron chi connectivity index (χ0n) is 9.71. The molecule has 0 aliphatic rings. The van der Waals surface area contributed by atoms with E-state index in [-0.39, 0.29) is 11.6 Å². The van der Waals surface area contributed by atoms with Gasteiger partial charge in [0.05, 0.1) is 24.1 Å². The highest BCUT2D eigenvalue weighted by molar-refractivity contribution is 8.12. The van der Waals surface area contributed by atoms with Gasteiger partial charge in [-0.25, -0.2) is 8.78 Å². The van der Waals surface area contributed by atoms with Crippen molar-refractivity contribution >= 4 is 24.1 Å². The summed E-state index contributed by atoms with van der Waals surface area (Å²) >= 11 is 2.23. The van der Waals surface area contributed by atoms with Crippen LogP contribution >= 0.6 is 24.1 Å². The number of hydrogen-bond acceptors (Lipinski definition) is 4. The molecule has 2 aromatic rings. The van der Waals surface area contributed by atoms with E-state index < -0.39 is 0 Å². The van der Waals surface area contributed by atoms with Gasteiger partial charge in [-0.3, -0.25) is 0 Å². The van der Waals surface area contributed by atoms with Gasteiger partial charge in [-0.2, -0.15) is 0 Å². The molecule has 19 heavy (non-hydrogen) atoms. The molecular formula is C13H10F2O2S2. The Labute approximate surface area is 118 Å². The summed E-state index contributed by atoms with van der Waals surface area (Å²) in [4.78, 5) is 0. The molecule has 2 aromatic carbocycles. The first-order valence-electron chi connectivity index (χ1n) is 5.34. The molecule has 2 nitrogen and oxygen atoms in total. The summed E-state index contributed by atoms with van der Waals surface area (Å²) in [7, 11) is 0. The average Bonchev–Trinajstić information content (AvgIpc) is 2.38. The van der Waals surface area contributed by atoms with E-state index >= 15 is 0 Å². The summed E-state index contributed by atoms with van der Waals surface area (Å²) in [5, 5.41) is 0.465. The molecule has 0 amide bonds. The van der Waals surface area contributed by atoms with Crippen LogP contribution in [0.5, 0.6) is 11.5 Å². The summed E-state index contributed by atoms with van der Waals surface area (Å²) in [6.45, 7) is 0. The molecule has 0 unspecified atom stereocenters. The van der Waals surface area contributed by atoms with Gasteiger partial charge in [0.2, 0.25) is 0 Å². The molecular weight excluding hydrogens is 290 g/mol. The van der Waals surface area contributed by atoms with Gasteiger partial charge in [0.1, 0.15) is 28.2 Å². The number of benzene rings is 2. The van der Waals surface area contributed by atoms with Crippen LogP contribution in [0.25, 0.3) is 0 Å². The second-order valence-electron chi connectivity index (χ2n) is 3.43. The van der Waals surface area contributed by atoms with Crippen LogP contribution in [-0.4, -0.2) is 5.08 Å². The van der Waals surface area contributed by atoms with E-state index in [1.54, 1.807) is 24.3 Å². The monoisotopic (exact) mass is 300 g/mol. The minimum atomic E-state index is -0.346. The molecule has 6 heteroatoms. The molecule has 0 radical (unpaired) electrons. The van der Waals surface area contributed by atoms with Crippen molar-refractivity contribution in [3.05, 3.63) is 60.2 Å². The largest absolute Gasteiger partial charge is 0.425 e. The van der Waals surface area contributed by atoms with Crippen molar-refractivity contribution in [3.8, 4) is 11.5 Å². The molecule has 100 valence electrons. The highest BCUT2D eigenvalue weighted by atomic mass is 32.2. The van der Waals surface area contributed by atoms with Crippen LogP contribution < -0.4 is 8.37 Å². The van der Waals surface area contributed by atoms with Crippen LogP contribution in [0.3, 0.4) is 0 Å². The van der Waals surface area contributed by atoms with E-state index in [1.165, 1.54) is 24.3 Å². The van der Waals surface area contributed by atoms with Gasteiger partial charge in [0, 0.05) is 12.1 Å². The highest BCUT2D eigenvalue weighted by Gasteiger charge is 2.00. The SMILES string of the molecule is Fc1cccc(OSCSOc2cccc(F)c2)c1. The van der Waals surface area contributed by atoms with Gasteiger partial charge in [0.15, 0.2) is 0 Å². The second kappa shape index (κ2) is 7.25. The molecule has 0 bridgehead atoms. The minimum Gasteiger partial charge on any atom is -0.425 e. The van der Waals surface area contributed by atoms with E-state index in [1.807, 2.05) is 0 Å². The van der Waals surface area contributed by atoms with Crippen molar-refractivity contribution in [2.24, 2.45) is 0 Å². The van der Waals surface area contributed by atoms with E-state index in [2.05, 4.69) is 0 Å². The van der Waals surface area contributed by atoms with Gasteiger partial charge < -0.3 is 8.37 Å². The normalized spacial score (nSPS) is 10.2. The molecule has 2 rings (SSSR count). The van der Waals surface area contributed by atoms with Crippen molar-refractivity contribution in [2.75, 3.05) is 5.08 Å². The van der Waals surface area contributed by atoms with Gasteiger partial charge >= 0.3 is 0 Å². The molecule has 0 saturated carbocycles. The quantitative estimate of drug-likeness (QED) is 0.438. The van der Waals surface area contributed by atoms with Crippen LogP contribution in [0.4, 0.5) is 8.78 Å². The summed E-state index contributed by atoms with van der Waals surface area (Å²) in [5.41, 5.74) is 0. The molecule has 0 heterocycles. The summed E-state index contributed by atoms with van der Waals surface area (Å²) < 4.78 is 36.2. The number of hydrogen-bond donors (Lipinski definition) is 0. The maximum Gasteiger partial charge on any atom is 0.140 e. The third kappa shape index (κ3) is 5.00. The summed E-state index contributed by atoms with van der Waals surface area (Å²) in [6, 6.07) is 11.8. The molecule has 0 fully saturated rings. The van der Waals surface area contributed by atoms with E-state index in [9.17, 15) is 8.78 Å². The third-order valence-electron chi connectivity index (χ3n) is 2.00. The van der Waals surface area contributed by atoms with Gasteiger partial charge in [-0.1, -0.05) is 12.1 Å².